The first-order valence-electron chi connectivity index (χ1n) is 13.8. The van der Waals surface area contributed by atoms with Gasteiger partial charge in [0.25, 0.3) is 5.69 Å². The van der Waals surface area contributed by atoms with Gasteiger partial charge in [-0.3, -0.25) is 24.6 Å². The fourth-order valence-corrected chi connectivity index (χ4v) is 5.73. The van der Waals surface area contributed by atoms with E-state index in [4.69, 9.17) is 0 Å². The van der Waals surface area contributed by atoms with Crippen LogP contribution in [0.2, 0.25) is 0 Å². The summed E-state index contributed by atoms with van der Waals surface area (Å²) in [5.74, 6) is -0.612. The van der Waals surface area contributed by atoms with Crippen molar-refractivity contribution in [2.75, 3.05) is 10.2 Å². The van der Waals surface area contributed by atoms with Gasteiger partial charge in [0.1, 0.15) is 0 Å². The van der Waals surface area contributed by atoms with E-state index in [1.807, 2.05) is 38.1 Å². The molecule has 0 saturated heterocycles. The van der Waals surface area contributed by atoms with Crippen LogP contribution in [0.4, 0.5) is 17.1 Å². The number of ketones is 1. The number of anilines is 2. The first-order valence-corrected chi connectivity index (χ1v) is 13.8. The summed E-state index contributed by atoms with van der Waals surface area (Å²) < 4.78 is 0. The Labute approximate surface area is 235 Å². The van der Waals surface area contributed by atoms with Crippen LogP contribution < -0.4 is 10.2 Å². The van der Waals surface area contributed by atoms with Crippen molar-refractivity contribution in [2.45, 2.75) is 64.8 Å². The minimum atomic E-state index is -0.794. The zero-order chi connectivity index (χ0) is 28.8. The van der Waals surface area contributed by atoms with Gasteiger partial charge in [0, 0.05) is 35.7 Å². The molecule has 3 aromatic rings. The number of Topliss-reactive ketones (excluding diaryl/α,β-unsaturated/α-hetero) is 1. The maximum Gasteiger partial charge on any atom is 0.269 e. The molecule has 2 aliphatic rings. The van der Waals surface area contributed by atoms with Gasteiger partial charge in [0.05, 0.1) is 22.3 Å². The van der Waals surface area contributed by atoms with Gasteiger partial charge in [-0.15, -0.1) is 0 Å². The highest BCUT2D eigenvalue weighted by molar-refractivity contribution is 6.06. The molecule has 3 aromatic carbocycles. The van der Waals surface area contributed by atoms with Crippen LogP contribution in [-0.4, -0.2) is 16.6 Å². The van der Waals surface area contributed by atoms with Crippen LogP contribution in [0.15, 0.2) is 84.1 Å². The molecule has 2 unspecified atom stereocenters. The molecule has 1 N–H and O–H groups in total. The number of nitro benzene ring substituents is 1. The number of hydrogen-bond acceptors (Lipinski definition) is 5. The largest absolute Gasteiger partial charge is 0.357 e. The van der Waals surface area contributed by atoms with E-state index in [2.05, 4.69) is 50.4 Å². The van der Waals surface area contributed by atoms with Gasteiger partial charge in [0.2, 0.25) is 5.91 Å². The van der Waals surface area contributed by atoms with E-state index in [-0.39, 0.29) is 34.6 Å². The topological polar surface area (TPSA) is 92.6 Å². The molecule has 5 rings (SSSR count). The molecule has 0 bridgehead atoms. The SMILES string of the molecule is CC(C)C(=O)N1c2ccccc2NC2=C(C(=O)CC(c3ccc(C(C)(C)C)cc3)C2)C1c1cccc([N+](=O)[O-])c1. The molecule has 0 fully saturated rings. The number of nitrogens with zero attached hydrogens (tertiary/aromatic N) is 2. The van der Waals surface area contributed by atoms with E-state index in [9.17, 15) is 19.7 Å². The Bertz CT molecular complexity index is 1520. The summed E-state index contributed by atoms with van der Waals surface area (Å²) >= 11 is 0. The molecule has 0 saturated carbocycles. The molecule has 1 amide bonds. The number of para-hydroxylation sites is 2. The summed E-state index contributed by atoms with van der Waals surface area (Å²) in [6, 6.07) is 21.5. The lowest BCUT2D eigenvalue weighted by atomic mass is 9.77. The number of fused-ring (bicyclic) bond motifs is 1. The van der Waals surface area contributed by atoms with E-state index in [0.717, 1.165) is 16.9 Å². The number of amides is 1. The van der Waals surface area contributed by atoms with Crippen LogP contribution in [0.1, 0.15) is 76.1 Å². The summed E-state index contributed by atoms with van der Waals surface area (Å²) in [5, 5.41) is 15.2. The third-order valence-corrected chi connectivity index (χ3v) is 7.86. The molecule has 1 aliphatic heterocycles. The third kappa shape index (κ3) is 5.04. The standard InChI is InChI=1S/C33H35N3O4/c1-20(2)32(38)35-28-12-7-6-11-26(28)34-27-18-23(21-13-15-24(16-14-21)33(3,4)5)19-29(37)30(27)31(35)22-9-8-10-25(17-22)36(39)40/h6-17,20,23,31,34H,18-19H2,1-5H3. The molecule has 1 aliphatic carbocycles. The molecule has 0 aromatic heterocycles. The number of hydrogen-bond donors (Lipinski definition) is 1. The van der Waals surface area contributed by atoms with E-state index in [1.165, 1.54) is 17.7 Å². The zero-order valence-electron chi connectivity index (χ0n) is 23.6. The van der Waals surface area contributed by atoms with Crippen molar-refractivity contribution < 1.29 is 14.5 Å². The zero-order valence-corrected chi connectivity index (χ0v) is 23.6. The molecular formula is C33H35N3O4. The lowest BCUT2D eigenvalue weighted by Gasteiger charge is -2.36. The van der Waals surface area contributed by atoms with Crippen molar-refractivity contribution in [2.24, 2.45) is 5.92 Å². The molecule has 0 spiro atoms. The molecular weight excluding hydrogens is 502 g/mol. The number of benzene rings is 3. The van der Waals surface area contributed by atoms with Crippen LogP contribution in [0.3, 0.4) is 0 Å². The van der Waals surface area contributed by atoms with E-state index >= 15 is 0 Å². The van der Waals surface area contributed by atoms with Crippen molar-refractivity contribution in [3.8, 4) is 0 Å². The van der Waals surface area contributed by atoms with E-state index in [1.54, 1.807) is 17.0 Å². The highest BCUT2D eigenvalue weighted by Gasteiger charge is 2.42. The van der Waals surface area contributed by atoms with Gasteiger partial charge >= 0.3 is 0 Å². The highest BCUT2D eigenvalue weighted by atomic mass is 16.6. The molecule has 7 heteroatoms. The number of allylic oxidation sites excluding steroid dienone is 1. The predicted octanol–water partition coefficient (Wildman–Crippen LogP) is 7.45. The predicted molar refractivity (Wildman–Crippen MR) is 157 cm³/mol. The molecule has 0 radical (unpaired) electrons. The van der Waals surface area contributed by atoms with E-state index < -0.39 is 11.0 Å². The summed E-state index contributed by atoms with van der Waals surface area (Å²) in [6.07, 6.45) is 0.875. The number of nitro groups is 1. The second-order valence-corrected chi connectivity index (χ2v) is 12.1. The average Bonchev–Trinajstić information content (AvgIpc) is 3.07. The Morgan fingerprint density at radius 3 is 2.33 bits per heavy atom. The van der Waals surface area contributed by atoms with Crippen LogP contribution in [0, 0.1) is 16.0 Å². The van der Waals surface area contributed by atoms with Crippen molar-refractivity contribution >= 4 is 28.8 Å². The van der Waals surface area contributed by atoms with Gasteiger partial charge in [-0.05, 0) is 46.6 Å². The second kappa shape index (κ2) is 10.4. The van der Waals surface area contributed by atoms with Crippen LogP contribution >= 0.6 is 0 Å². The van der Waals surface area contributed by atoms with Gasteiger partial charge in [-0.2, -0.15) is 0 Å². The third-order valence-electron chi connectivity index (χ3n) is 7.86. The molecule has 40 heavy (non-hydrogen) atoms. The highest BCUT2D eigenvalue weighted by Crippen LogP contribution is 2.48. The molecule has 2 atom stereocenters. The maximum atomic E-state index is 14.1. The van der Waals surface area contributed by atoms with Crippen LogP contribution in [0.5, 0.6) is 0 Å². The van der Waals surface area contributed by atoms with Crippen LogP contribution in [0.25, 0.3) is 0 Å². The Balaban J connectivity index is 1.68. The summed E-state index contributed by atoms with van der Waals surface area (Å²) in [6.45, 7) is 10.2. The fraction of sp³-hybridized carbons (Fsp3) is 0.333. The quantitative estimate of drug-likeness (QED) is 0.276. The number of rotatable bonds is 4. The van der Waals surface area contributed by atoms with Crippen LogP contribution in [-0.2, 0) is 15.0 Å². The Hall–Kier alpha value is -4.26. The summed E-state index contributed by atoms with van der Waals surface area (Å²) in [7, 11) is 0. The summed E-state index contributed by atoms with van der Waals surface area (Å²) in [4.78, 5) is 40.8. The van der Waals surface area contributed by atoms with E-state index in [0.29, 0.717) is 29.7 Å². The Kier molecular flexibility index (Phi) is 7.08. The molecule has 1 heterocycles. The van der Waals surface area contributed by atoms with Crippen molar-refractivity contribution in [1.82, 2.24) is 0 Å². The molecule has 7 nitrogen and oxygen atoms in total. The smallest absolute Gasteiger partial charge is 0.269 e. The first kappa shape index (κ1) is 27.3. The van der Waals surface area contributed by atoms with Gasteiger partial charge < -0.3 is 5.32 Å². The Morgan fingerprint density at radius 1 is 0.975 bits per heavy atom. The number of nitrogens with one attached hydrogen (secondary N) is 1. The number of non-ortho nitro benzene ring substituents is 1. The number of carbonyl (C=O) groups is 2. The maximum absolute atomic E-state index is 14.1. The molecule has 206 valence electrons. The lowest BCUT2D eigenvalue weighted by molar-refractivity contribution is -0.384. The summed E-state index contributed by atoms with van der Waals surface area (Å²) in [5.41, 5.74) is 5.43. The van der Waals surface area contributed by atoms with Crippen molar-refractivity contribution in [1.29, 1.82) is 0 Å². The van der Waals surface area contributed by atoms with Gasteiger partial charge in [0.15, 0.2) is 5.78 Å². The second-order valence-electron chi connectivity index (χ2n) is 12.1. The Morgan fingerprint density at radius 2 is 1.68 bits per heavy atom. The minimum Gasteiger partial charge on any atom is -0.357 e. The lowest BCUT2D eigenvalue weighted by Crippen LogP contribution is -2.40. The van der Waals surface area contributed by atoms with Crippen molar-refractivity contribution in [3.63, 3.8) is 0 Å². The van der Waals surface area contributed by atoms with Gasteiger partial charge in [-0.25, -0.2) is 0 Å². The fourth-order valence-electron chi connectivity index (χ4n) is 5.73. The number of carbonyl (C=O) groups excluding carboxylic acids is 2. The normalized spacial score (nSPS) is 19.1. The van der Waals surface area contributed by atoms with Gasteiger partial charge in [-0.1, -0.05) is 83.1 Å². The monoisotopic (exact) mass is 537 g/mol. The first-order chi connectivity index (χ1) is 19.0. The van der Waals surface area contributed by atoms with Crippen molar-refractivity contribution in [3.05, 3.63) is 111 Å². The minimum absolute atomic E-state index is 0.0289. The average molecular weight is 538 g/mol.